The van der Waals surface area contributed by atoms with E-state index in [-0.39, 0.29) is 11.6 Å². The van der Waals surface area contributed by atoms with Crippen LogP contribution in [0.1, 0.15) is 31.4 Å². The lowest BCUT2D eigenvalue weighted by molar-refractivity contribution is 0.300. The van der Waals surface area contributed by atoms with Crippen molar-refractivity contribution >= 4 is 22.5 Å². The van der Waals surface area contributed by atoms with E-state index in [1.54, 1.807) is 25.1 Å². The van der Waals surface area contributed by atoms with E-state index >= 15 is 0 Å². The number of hydrogen-bond donors (Lipinski definition) is 2. The van der Waals surface area contributed by atoms with E-state index in [0.717, 1.165) is 10.9 Å². The smallest absolute Gasteiger partial charge is 0.253 e. The zero-order chi connectivity index (χ0) is 14.3. The highest BCUT2D eigenvalue weighted by molar-refractivity contribution is 6.32. The van der Waals surface area contributed by atoms with E-state index in [1.807, 2.05) is 0 Å². The normalized spacial score (nSPS) is 16.4. The molecule has 0 radical (unpaired) electrons. The lowest BCUT2D eigenvalue weighted by atomic mass is 10.1. The second kappa shape index (κ2) is 5.11. The van der Waals surface area contributed by atoms with Crippen molar-refractivity contribution in [3.8, 4) is 5.75 Å². The third-order valence-corrected chi connectivity index (χ3v) is 3.88. The summed E-state index contributed by atoms with van der Waals surface area (Å²) in [6.07, 6.45) is 2.44. The number of ether oxygens (including phenoxy) is 1. The van der Waals surface area contributed by atoms with Gasteiger partial charge in [-0.1, -0.05) is 11.6 Å². The fraction of sp³-hybridized carbons (Fsp3) is 0.400. The van der Waals surface area contributed by atoms with E-state index in [2.05, 4.69) is 4.98 Å². The molecule has 3 rings (SSSR count). The molecule has 106 valence electrons. The van der Waals surface area contributed by atoms with Crippen LogP contribution >= 0.6 is 11.6 Å². The fourth-order valence-corrected chi connectivity index (χ4v) is 2.39. The van der Waals surface area contributed by atoms with Gasteiger partial charge in [0.25, 0.3) is 5.56 Å². The van der Waals surface area contributed by atoms with Gasteiger partial charge in [0.15, 0.2) is 0 Å². The van der Waals surface area contributed by atoms with E-state index in [1.165, 1.54) is 12.8 Å². The minimum Gasteiger partial charge on any atom is -0.492 e. The summed E-state index contributed by atoms with van der Waals surface area (Å²) in [5.41, 5.74) is 6.89. The summed E-state index contributed by atoms with van der Waals surface area (Å²) in [6.45, 7) is 2.47. The zero-order valence-corrected chi connectivity index (χ0v) is 12.0. The van der Waals surface area contributed by atoms with Crippen molar-refractivity contribution in [2.24, 2.45) is 11.7 Å². The molecule has 1 heterocycles. The van der Waals surface area contributed by atoms with Crippen LogP contribution in [-0.2, 0) is 0 Å². The number of fused-ring (bicyclic) bond motifs is 1. The maximum atomic E-state index is 11.9. The van der Waals surface area contributed by atoms with Gasteiger partial charge < -0.3 is 15.5 Å². The average molecular weight is 293 g/mol. The molecule has 0 saturated heterocycles. The summed E-state index contributed by atoms with van der Waals surface area (Å²) in [7, 11) is 0. The Morgan fingerprint density at radius 2 is 2.20 bits per heavy atom. The molecular formula is C15H17ClN2O2. The number of aromatic nitrogens is 1. The molecule has 1 saturated carbocycles. The highest BCUT2D eigenvalue weighted by atomic mass is 35.5. The van der Waals surface area contributed by atoms with Gasteiger partial charge in [-0.25, -0.2) is 0 Å². The minimum absolute atomic E-state index is 0.164. The van der Waals surface area contributed by atoms with Crippen molar-refractivity contribution in [2.45, 2.75) is 25.8 Å². The van der Waals surface area contributed by atoms with E-state index in [0.29, 0.717) is 28.9 Å². The van der Waals surface area contributed by atoms with Gasteiger partial charge in [0.05, 0.1) is 17.1 Å². The second-order valence-electron chi connectivity index (χ2n) is 5.47. The summed E-state index contributed by atoms with van der Waals surface area (Å²) in [5.74, 6) is 1.27. The summed E-state index contributed by atoms with van der Waals surface area (Å²) in [5, 5.41) is 1.42. The van der Waals surface area contributed by atoms with Crippen LogP contribution in [0, 0.1) is 5.92 Å². The molecule has 0 amide bonds. The van der Waals surface area contributed by atoms with Crippen LogP contribution in [0.4, 0.5) is 0 Å². The van der Waals surface area contributed by atoms with Gasteiger partial charge in [-0.3, -0.25) is 4.79 Å². The van der Waals surface area contributed by atoms with Crippen molar-refractivity contribution in [1.82, 2.24) is 4.98 Å². The molecule has 0 bridgehead atoms. The van der Waals surface area contributed by atoms with Crippen LogP contribution in [0.5, 0.6) is 5.75 Å². The molecular weight excluding hydrogens is 276 g/mol. The maximum absolute atomic E-state index is 11.9. The third kappa shape index (κ3) is 2.67. The Hall–Kier alpha value is -1.52. The minimum atomic E-state index is -0.312. The first kappa shape index (κ1) is 13.5. The first-order valence-corrected chi connectivity index (χ1v) is 7.17. The molecule has 20 heavy (non-hydrogen) atoms. The first-order valence-electron chi connectivity index (χ1n) is 6.79. The largest absolute Gasteiger partial charge is 0.492 e. The second-order valence-corrected chi connectivity index (χ2v) is 5.87. The standard InChI is InChI=1S/C15H17ClN2O2/c1-8(17)11-4-10-5-12(16)14(20-7-9-2-3-9)6-13(10)18-15(11)19/h4-6,8-9H,2-3,7,17H2,1H3,(H,18,19). The van der Waals surface area contributed by atoms with Crippen LogP contribution in [0.3, 0.4) is 0 Å². The van der Waals surface area contributed by atoms with E-state index < -0.39 is 0 Å². The molecule has 2 aromatic rings. The predicted molar refractivity (Wildman–Crippen MR) is 80.4 cm³/mol. The number of halogens is 1. The molecule has 3 N–H and O–H groups in total. The monoisotopic (exact) mass is 292 g/mol. The molecule has 0 spiro atoms. The summed E-state index contributed by atoms with van der Waals surface area (Å²) >= 11 is 6.23. The Balaban J connectivity index is 2.01. The Morgan fingerprint density at radius 3 is 2.85 bits per heavy atom. The maximum Gasteiger partial charge on any atom is 0.253 e. The molecule has 0 aliphatic heterocycles. The van der Waals surface area contributed by atoms with Gasteiger partial charge >= 0.3 is 0 Å². The number of pyridine rings is 1. The van der Waals surface area contributed by atoms with Gasteiger partial charge in [-0.15, -0.1) is 0 Å². The molecule has 1 atom stereocenters. The van der Waals surface area contributed by atoms with Crippen LogP contribution in [0.2, 0.25) is 5.02 Å². The number of H-pyrrole nitrogens is 1. The topological polar surface area (TPSA) is 68.1 Å². The Kier molecular flexibility index (Phi) is 3.44. The number of benzene rings is 1. The number of nitrogens with two attached hydrogens (primary N) is 1. The van der Waals surface area contributed by atoms with Crippen molar-refractivity contribution in [3.05, 3.63) is 39.1 Å². The highest BCUT2D eigenvalue weighted by Gasteiger charge is 2.22. The van der Waals surface area contributed by atoms with E-state index in [9.17, 15) is 4.79 Å². The Bertz CT molecular complexity index is 705. The van der Waals surface area contributed by atoms with Crippen LogP contribution in [0.15, 0.2) is 23.0 Å². The SMILES string of the molecule is CC(N)c1cc2cc(Cl)c(OCC3CC3)cc2[nH]c1=O. The van der Waals surface area contributed by atoms with Crippen LogP contribution in [0.25, 0.3) is 10.9 Å². The van der Waals surface area contributed by atoms with Gasteiger partial charge in [0.2, 0.25) is 0 Å². The lowest BCUT2D eigenvalue weighted by Crippen LogP contribution is -2.19. The molecule has 1 aliphatic carbocycles. The van der Waals surface area contributed by atoms with Crippen LogP contribution < -0.4 is 16.0 Å². The molecule has 1 aromatic carbocycles. The van der Waals surface area contributed by atoms with Gasteiger partial charge in [-0.2, -0.15) is 0 Å². The number of rotatable bonds is 4. The molecule has 1 aromatic heterocycles. The van der Waals surface area contributed by atoms with Gasteiger partial charge in [0.1, 0.15) is 5.75 Å². The zero-order valence-electron chi connectivity index (χ0n) is 11.3. The van der Waals surface area contributed by atoms with Gasteiger partial charge in [-0.05, 0) is 37.8 Å². The first-order chi connectivity index (χ1) is 9.54. The average Bonchev–Trinajstić information content (AvgIpc) is 3.20. The summed E-state index contributed by atoms with van der Waals surface area (Å²) in [6, 6.07) is 5.07. The summed E-state index contributed by atoms with van der Waals surface area (Å²) < 4.78 is 5.71. The van der Waals surface area contributed by atoms with Crippen molar-refractivity contribution < 1.29 is 4.74 Å². The quantitative estimate of drug-likeness (QED) is 0.910. The third-order valence-electron chi connectivity index (χ3n) is 3.59. The molecule has 1 aliphatic rings. The number of aromatic amines is 1. The number of hydrogen-bond acceptors (Lipinski definition) is 3. The lowest BCUT2D eigenvalue weighted by Gasteiger charge is -2.10. The molecule has 1 unspecified atom stereocenters. The Labute approximate surface area is 121 Å². The molecule has 4 nitrogen and oxygen atoms in total. The highest BCUT2D eigenvalue weighted by Crippen LogP contribution is 2.33. The van der Waals surface area contributed by atoms with Crippen molar-refractivity contribution in [2.75, 3.05) is 6.61 Å². The molecule has 1 fully saturated rings. The predicted octanol–water partition coefficient (Wildman–Crippen LogP) is 2.99. The van der Waals surface area contributed by atoms with Gasteiger partial charge in [0, 0.05) is 23.1 Å². The van der Waals surface area contributed by atoms with Crippen molar-refractivity contribution in [1.29, 1.82) is 0 Å². The number of nitrogens with one attached hydrogen (secondary N) is 1. The Morgan fingerprint density at radius 1 is 1.45 bits per heavy atom. The summed E-state index contributed by atoms with van der Waals surface area (Å²) in [4.78, 5) is 14.8. The molecule has 5 heteroatoms. The fourth-order valence-electron chi connectivity index (χ4n) is 2.16. The van der Waals surface area contributed by atoms with Crippen LogP contribution in [-0.4, -0.2) is 11.6 Å². The van der Waals surface area contributed by atoms with E-state index in [4.69, 9.17) is 22.1 Å². The van der Waals surface area contributed by atoms with Crippen molar-refractivity contribution in [3.63, 3.8) is 0 Å².